The lowest BCUT2D eigenvalue weighted by atomic mass is 10.0. The van der Waals surface area contributed by atoms with Crippen molar-refractivity contribution < 1.29 is 12.3 Å². The van der Waals surface area contributed by atoms with Crippen molar-refractivity contribution >= 4 is 29.2 Å². The molecule has 0 aliphatic carbocycles. The number of aromatic nitrogens is 2. The highest BCUT2D eigenvalue weighted by Gasteiger charge is 2.07. The van der Waals surface area contributed by atoms with E-state index < -0.39 is 36.1 Å². The molecular formula is C22H18N6. The van der Waals surface area contributed by atoms with Crippen molar-refractivity contribution in [1.29, 1.82) is 10.5 Å². The van der Waals surface area contributed by atoms with Crippen LogP contribution >= 0.6 is 0 Å². The van der Waals surface area contributed by atoms with Crippen molar-refractivity contribution in [1.82, 2.24) is 9.97 Å². The summed E-state index contributed by atoms with van der Waals surface area (Å²) in [6.07, 6.45) is 1.34. The van der Waals surface area contributed by atoms with Gasteiger partial charge in [-0.3, -0.25) is 0 Å². The minimum absolute atomic E-state index is 0.0136. The highest BCUT2D eigenvalue weighted by molar-refractivity contribution is 5.69. The Labute approximate surface area is 176 Å². The van der Waals surface area contributed by atoms with E-state index in [0.717, 1.165) is 0 Å². The molecular weight excluding hydrogens is 348 g/mol. The average Bonchev–Trinajstić information content (AvgIpc) is 2.81. The van der Waals surface area contributed by atoms with Crippen LogP contribution in [0.5, 0.6) is 0 Å². The maximum atomic E-state index is 9.04. The van der Waals surface area contributed by atoms with Gasteiger partial charge in [0.05, 0.1) is 25.9 Å². The van der Waals surface area contributed by atoms with Gasteiger partial charge < -0.3 is 10.6 Å². The van der Waals surface area contributed by atoms with E-state index in [9.17, 15) is 0 Å². The summed E-state index contributed by atoms with van der Waals surface area (Å²) in [5, 5.41) is 23.6. The molecule has 0 atom stereocenters. The van der Waals surface area contributed by atoms with Gasteiger partial charge >= 0.3 is 0 Å². The van der Waals surface area contributed by atoms with Crippen LogP contribution in [0.3, 0.4) is 0 Å². The van der Waals surface area contributed by atoms with Crippen LogP contribution in [0, 0.1) is 36.4 Å². The molecule has 0 fully saturated rings. The minimum Gasteiger partial charge on any atom is -0.340 e. The molecule has 0 bridgehead atoms. The van der Waals surface area contributed by atoms with Crippen molar-refractivity contribution in [3.8, 4) is 12.1 Å². The first-order valence-corrected chi connectivity index (χ1v) is 7.90. The van der Waals surface area contributed by atoms with Crippen molar-refractivity contribution in [3.05, 3.63) is 76.9 Å². The molecule has 3 rings (SSSR count). The summed E-state index contributed by atoms with van der Waals surface area (Å²) >= 11 is 0. The number of anilines is 4. The SMILES string of the molecule is [2H]/C(C#N)=C(/[2H])c1c([2H])c(C)c(Nc2ccnc(Nc3cc([2H])c(C#N)c([2H])c3)n2)c(C([2H])([2H])[2H])c1[2H]. The molecule has 0 saturated heterocycles. The number of allylic oxidation sites excluding steroid dienone is 1. The topological polar surface area (TPSA) is 97.4 Å². The largest absolute Gasteiger partial charge is 0.340 e. The van der Waals surface area contributed by atoms with Gasteiger partial charge in [-0.05, 0) is 78.9 Å². The molecule has 0 aliphatic heterocycles. The second kappa shape index (κ2) is 8.48. The summed E-state index contributed by atoms with van der Waals surface area (Å²) in [4.78, 5) is 8.30. The van der Waals surface area contributed by atoms with E-state index >= 15 is 0 Å². The summed E-state index contributed by atoms with van der Waals surface area (Å²) in [5.74, 6) is 0.1000. The molecule has 2 N–H and O–H groups in total. The molecule has 6 heteroatoms. The van der Waals surface area contributed by atoms with Gasteiger partial charge in [0.15, 0.2) is 0 Å². The first kappa shape index (κ1) is 10.2. The molecule has 0 unspecified atom stereocenters. The lowest BCUT2D eigenvalue weighted by molar-refractivity contribution is 1.16. The van der Waals surface area contributed by atoms with E-state index in [-0.39, 0.29) is 52.4 Å². The zero-order valence-electron chi connectivity index (χ0n) is 23.6. The second-order valence-electron chi connectivity index (χ2n) is 5.40. The number of nitriles is 2. The molecule has 6 nitrogen and oxygen atoms in total. The van der Waals surface area contributed by atoms with Crippen molar-refractivity contribution in [3.63, 3.8) is 0 Å². The van der Waals surface area contributed by atoms with Crippen LogP contribution in [0.1, 0.15) is 34.6 Å². The van der Waals surface area contributed by atoms with Crippen LogP contribution in [0.4, 0.5) is 23.1 Å². The lowest BCUT2D eigenvalue weighted by Crippen LogP contribution is -2.02. The van der Waals surface area contributed by atoms with Gasteiger partial charge in [-0.2, -0.15) is 15.5 Å². The molecule has 1 aromatic heterocycles. The maximum absolute atomic E-state index is 9.04. The monoisotopic (exact) mass is 375 g/mol. The van der Waals surface area contributed by atoms with Crippen LogP contribution in [0.25, 0.3) is 6.05 Å². The van der Waals surface area contributed by atoms with Gasteiger partial charge in [0.2, 0.25) is 5.95 Å². The van der Waals surface area contributed by atoms with E-state index in [1.54, 1.807) is 6.07 Å². The van der Waals surface area contributed by atoms with Gasteiger partial charge in [0.1, 0.15) is 5.82 Å². The number of rotatable bonds is 5. The third kappa shape index (κ3) is 4.51. The van der Waals surface area contributed by atoms with Crippen LogP contribution in [-0.2, 0) is 0 Å². The third-order valence-corrected chi connectivity index (χ3v) is 3.45. The molecule has 3 aromatic rings. The van der Waals surface area contributed by atoms with E-state index in [1.165, 1.54) is 37.4 Å². The zero-order chi connectivity index (χ0) is 27.7. The van der Waals surface area contributed by atoms with Crippen LogP contribution in [0.2, 0.25) is 0 Å². The van der Waals surface area contributed by atoms with E-state index in [4.69, 9.17) is 22.9 Å². The first-order valence-electron chi connectivity index (χ1n) is 12.4. The highest BCUT2D eigenvalue weighted by Crippen LogP contribution is 2.26. The van der Waals surface area contributed by atoms with Gasteiger partial charge in [-0.1, -0.05) is 0 Å². The second-order valence-corrected chi connectivity index (χ2v) is 5.40. The smallest absolute Gasteiger partial charge is 0.229 e. The molecule has 2 aromatic carbocycles. The number of nitrogens with one attached hydrogen (secondary N) is 2. The molecule has 0 aliphatic rings. The fourth-order valence-corrected chi connectivity index (χ4v) is 2.23. The van der Waals surface area contributed by atoms with Crippen molar-refractivity contribution in [2.24, 2.45) is 0 Å². The van der Waals surface area contributed by atoms with E-state index in [1.807, 2.05) is 0 Å². The summed E-state index contributed by atoms with van der Waals surface area (Å²) in [6.45, 7) is -1.44. The standard InChI is InChI=1S/C22H18N6/c1-15-12-18(4-3-10-23)13-16(2)21(15)27-20-9-11-25-22(28-20)26-19-7-5-17(14-24)6-8-19/h3-9,11-13H,1-2H3,(H2,25,26,27,28)/b4-3+/i1D3,3D,4D,5D,6D,12D,13D. The predicted octanol–water partition coefficient (Wildman–Crippen LogP) is 4.99. The van der Waals surface area contributed by atoms with Gasteiger partial charge in [-0.25, -0.2) is 4.98 Å². The van der Waals surface area contributed by atoms with Crippen molar-refractivity contribution in [2.45, 2.75) is 13.8 Å². The molecule has 0 spiro atoms. The third-order valence-electron chi connectivity index (χ3n) is 3.45. The maximum Gasteiger partial charge on any atom is 0.229 e. The average molecular weight is 375 g/mol. The quantitative estimate of drug-likeness (QED) is 0.610. The minimum atomic E-state index is -2.85. The molecule has 136 valence electrons. The molecule has 0 radical (unpaired) electrons. The Hall–Kier alpha value is -4.16. The first-order chi connectivity index (χ1) is 17.3. The molecule has 0 saturated carbocycles. The fraction of sp³-hybridized carbons (Fsp3) is 0.0909. The number of hydrogen-bond donors (Lipinski definition) is 2. The Morgan fingerprint density at radius 1 is 1.18 bits per heavy atom. The summed E-state index contributed by atoms with van der Waals surface area (Å²) in [5.41, 5.74) is -0.817. The van der Waals surface area contributed by atoms with Crippen LogP contribution < -0.4 is 10.6 Å². The van der Waals surface area contributed by atoms with Gasteiger partial charge in [-0.15, -0.1) is 0 Å². The van der Waals surface area contributed by atoms with Gasteiger partial charge in [0.25, 0.3) is 0 Å². The lowest BCUT2D eigenvalue weighted by Gasteiger charge is -2.14. The number of hydrogen-bond acceptors (Lipinski definition) is 6. The zero-order valence-corrected chi connectivity index (χ0v) is 14.6. The summed E-state index contributed by atoms with van der Waals surface area (Å²) in [7, 11) is 0. The Kier molecular flexibility index (Phi) is 3.10. The Morgan fingerprint density at radius 2 is 1.96 bits per heavy atom. The van der Waals surface area contributed by atoms with Crippen molar-refractivity contribution in [2.75, 3.05) is 10.6 Å². The van der Waals surface area contributed by atoms with E-state index in [2.05, 4.69) is 20.6 Å². The van der Waals surface area contributed by atoms with Crippen LogP contribution in [0.15, 0.2) is 54.6 Å². The molecule has 1 heterocycles. The normalized spacial score (nSPS) is 16.0. The predicted molar refractivity (Wildman–Crippen MR) is 110 cm³/mol. The molecule has 0 amide bonds. The fourth-order valence-electron chi connectivity index (χ4n) is 2.23. The Bertz CT molecular complexity index is 1490. The summed E-state index contributed by atoms with van der Waals surface area (Å²) in [6, 6.07) is 4.37. The van der Waals surface area contributed by atoms with Gasteiger partial charge in [0, 0.05) is 27.7 Å². The molecule has 28 heavy (non-hydrogen) atoms. The number of nitrogens with zero attached hydrogens (tertiary/aromatic N) is 4. The number of benzene rings is 2. The Morgan fingerprint density at radius 3 is 2.68 bits per heavy atom. The van der Waals surface area contributed by atoms with E-state index in [0.29, 0.717) is 0 Å². The highest BCUT2D eigenvalue weighted by atomic mass is 15.1. The van der Waals surface area contributed by atoms with Crippen LogP contribution in [-0.4, -0.2) is 9.97 Å². The Balaban J connectivity index is 2.10. The summed E-state index contributed by atoms with van der Waals surface area (Å²) < 4.78 is 72.1.